The highest BCUT2D eigenvalue weighted by Gasteiger charge is 2.27. The van der Waals surface area contributed by atoms with Gasteiger partial charge in [-0.2, -0.15) is 5.10 Å². The fraction of sp³-hybridized carbons (Fsp3) is 0.0714. The van der Waals surface area contributed by atoms with Crippen LogP contribution in [0.1, 0.15) is 12.5 Å². The Morgan fingerprint density at radius 1 is 0.806 bits per heavy atom. The van der Waals surface area contributed by atoms with Crippen LogP contribution in [0.4, 0.5) is 5.69 Å². The summed E-state index contributed by atoms with van der Waals surface area (Å²) < 4.78 is 27.7. The molecule has 0 aliphatic heterocycles. The van der Waals surface area contributed by atoms with E-state index in [0.29, 0.717) is 16.4 Å². The molecule has 0 unspecified atom stereocenters. The van der Waals surface area contributed by atoms with Crippen molar-refractivity contribution >= 4 is 38.9 Å². The number of nitrogens with zero attached hydrogens (tertiary/aromatic N) is 2. The Balaban J connectivity index is 1.51. The Labute approximate surface area is 215 Å². The third-order valence-electron chi connectivity index (χ3n) is 5.49. The monoisotopic (exact) mass is 517 g/mol. The van der Waals surface area contributed by atoms with Gasteiger partial charge in [0, 0.05) is 5.02 Å². The first kappa shape index (κ1) is 25.2. The Bertz CT molecular complexity index is 1460. The first-order valence-corrected chi connectivity index (χ1v) is 13.0. The summed E-state index contributed by atoms with van der Waals surface area (Å²) in [5, 5.41) is 4.64. The molecule has 0 aliphatic rings. The molecule has 0 heterocycles. The zero-order valence-electron chi connectivity index (χ0n) is 19.5. The van der Waals surface area contributed by atoms with E-state index in [2.05, 4.69) is 10.5 Å². The summed E-state index contributed by atoms with van der Waals surface area (Å²) in [6.45, 7) is 1.32. The fourth-order valence-electron chi connectivity index (χ4n) is 3.55. The van der Waals surface area contributed by atoms with Crippen LogP contribution in [-0.4, -0.2) is 26.6 Å². The predicted molar refractivity (Wildman–Crippen MR) is 145 cm³/mol. The van der Waals surface area contributed by atoms with Gasteiger partial charge in [-0.1, -0.05) is 84.4 Å². The van der Waals surface area contributed by atoms with Gasteiger partial charge in [0.05, 0.1) is 16.3 Å². The molecule has 182 valence electrons. The van der Waals surface area contributed by atoms with Crippen LogP contribution in [0.15, 0.2) is 119 Å². The number of hydrogen-bond acceptors (Lipinski definition) is 4. The fourth-order valence-corrected chi connectivity index (χ4v) is 5.12. The molecular weight excluding hydrogens is 494 g/mol. The lowest BCUT2D eigenvalue weighted by atomic mass is 10.0. The summed E-state index contributed by atoms with van der Waals surface area (Å²) in [6.07, 6.45) is 0. The highest BCUT2D eigenvalue weighted by Crippen LogP contribution is 2.25. The van der Waals surface area contributed by atoms with Gasteiger partial charge in [-0.05, 0) is 60.0 Å². The molecule has 1 N–H and O–H groups in total. The number of benzene rings is 4. The quantitative estimate of drug-likeness (QED) is 0.239. The lowest BCUT2D eigenvalue weighted by Gasteiger charge is -2.23. The second-order valence-electron chi connectivity index (χ2n) is 7.98. The number of sulfonamides is 1. The van der Waals surface area contributed by atoms with Gasteiger partial charge >= 0.3 is 0 Å². The highest BCUT2D eigenvalue weighted by atomic mass is 35.5. The minimum Gasteiger partial charge on any atom is -0.271 e. The molecule has 0 spiro atoms. The van der Waals surface area contributed by atoms with Crippen molar-refractivity contribution in [3.63, 3.8) is 0 Å². The molecule has 4 aromatic rings. The Morgan fingerprint density at radius 2 is 1.36 bits per heavy atom. The van der Waals surface area contributed by atoms with Gasteiger partial charge in [0.25, 0.3) is 15.9 Å². The number of carbonyl (C=O) groups excluding carboxylic acids is 1. The van der Waals surface area contributed by atoms with Crippen molar-refractivity contribution in [1.29, 1.82) is 0 Å². The topological polar surface area (TPSA) is 78.8 Å². The van der Waals surface area contributed by atoms with Crippen LogP contribution in [0.25, 0.3) is 11.1 Å². The van der Waals surface area contributed by atoms with Crippen molar-refractivity contribution in [2.45, 2.75) is 11.8 Å². The first-order chi connectivity index (χ1) is 17.3. The van der Waals surface area contributed by atoms with Crippen molar-refractivity contribution in [2.75, 3.05) is 10.8 Å². The van der Waals surface area contributed by atoms with Crippen molar-refractivity contribution in [1.82, 2.24) is 5.43 Å². The number of carbonyl (C=O) groups is 1. The van der Waals surface area contributed by atoms with Gasteiger partial charge < -0.3 is 0 Å². The Kier molecular flexibility index (Phi) is 7.83. The largest absolute Gasteiger partial charge is 0.271 e. The lowest BCUT2D eigenvalue weighted by molar-refractivity contribution is -0.119. The normalized spacial score (nSPS) is 11.7. The molecule has 36 heavy (non-hydrogen) atoms. The van der Waals surface area contributed by atoms with Gasteiger partial charge in [0.15, 0.2) is 0 Å². The van der Waals surface area contributed by atoms with Crippen molar-refractivity contribution in [3.8, 4) is 11.1 Å². The molecule has 0 saturated heterocycles. The van der Waals surface area contributed by atoms with E-state index >= 15 is 0 Å². The van der Waals surface area contributed by atoms with E-state index in [1.54, 1.807) is 49.4 Å². The van der Waals surface area contributed by atoms with E-state index < -0.39 is 22.5 Å². The molecule has 0 atom stereocenters. The lowest BCUT2D eigenvalue weighted by Crippen LogP contribution is -2.39. The number of hydrogen-bond donors (Lipinski definition) is 1. The molecule has 0 fully saturated rings. The van der Waals surface area contributed by atoms with Crippen LogP contribution in [-0.2, 0) is 14.8 Å². The molecule has 4 aromatic carbocycles. The van der Waals surface area contributed by atoms with E-state index in [-0.39, 0.29) is 4.90 Å². The molecule has 0 aromatic heterocycles. The Hall–Kier alpha value is -3.94. The van der Waals surface area contributed by atoms with Gasteiger partial charge in [-0.15, -0.1) is 0 Å². The maximum atomic E-state index is 13.3. The average Bonchev–Trinajstić information content (AvgIpc) is 2.92. The number of nitrogens with one attached hydrogen (secondary N) is 1. The number of hydrazone groups is 1. The van der Waals surface area contributed by atoms with Crippen LogP contribution in [0.2, 0.25) is 5.02 Å². The average molecular weight is 518 g/mol. The van der Waals surface area contributed by atoms with Crippen LogP contribution < -0.4 is 9.73 Å². The molecule has 1 amide bonds. The second-order valence-corrected chi connectivity index (χ2v) is 10.3. The van der Waals surface area contributed by atoms with Gasteiger partial charge in [-0.25, -0.2) is 13.8 Å². The van der Waals surface area contributed by atoms with E-state index in [1.807, 2.05) is 54.6 Å². The number of rotatable bonds is 8. The van der Waals surface area contributed by atoms with Gasteiger partial charge in [0.2, 0.25) is 0 Å². The zero-order chi connectivity index (χ0) is 25.5. The molecule has 4 rings (SSSR count). The summed E-state index contributed by atoms with van der Waals surface area (Å²) >= 11 is 5.98. The van der Waals surface area contributed by atoms with Crippen molar-refractivity contribution < 1.29 is 13.2 Å². The van der Waals surface area contributed by atoms with Crippen LogP contribution in [0.5, 0.6) is 0 Å². The molecule has 8 heteroatoms. The SMILES string of the molecule is CC(=NNC(=O)CN(c1ccc(Cl)cc1)S(=O)(=O)c1ccccc1)c1ccc(-c2ccccc2)cc1. The van der Waals surface area contributed by atoms with E-state index in [4.69, 9.17) is 11.6 Å². The van der Waals surface area contributed by atoms with Crippen LogP contribution in [0, 0.1) is 0 Å². The summed E-state index contributed by atoms with van der Waals surface area (Å²) in [5.74, 6) is -0.579. The zero-order valence-corrected chi connectivity index (χ0v) is 21.1. The van der Waals surface area contributed by atoms with E-state index in [9.17, 15) is 13.2 Å². The molecular formula is C28H24ClN3O3S. The first-order valence-electron chi connectivity index (χ1n) is 11.2. The second kappa shape index (κ2) is 11.2. The highest BCUT2D eigenvalue weighted by molar-refractivity contribution is 7.92. The minimum atomic E-state index is -4.00. The maximum absolute atomic E-state index is 13.3. The molecule has 0 aliphatic carbocycles. The predicted octanol–water partition coefficient (Wildman–Crippen LogP) is 5.74. The van der Waals surface area contributed by atoms with Crippen molar-refractivity contribution in [3.05, 3.63) is 120 Å². The van der Waals surface area contributed by atoms with Gasteiger partial charge in [0.1, 0.15) is 6.54 Å². The summed E-state index contributed by atoms with van der Waals surface area (Å²) in [4.78, 5) is 12.9. The third-order valence-corrected chi connectivity index (χ3v) is 7.53. The van der Waals surface area contributed by atoms with Crippen molar-refractivity contribution in [2.24, 2.45) is 5.10 Å². The summed E-state index contributed by atoms with van der Waals surface area (Å²) in [6, 6.07) is 32.0. The minimum absolute atomic E-state index is 0.0749. The smallest absolute Gasteiger partial charge is 0.264 e. The maximum Gasteiger partial charge on any atom is 0.264 e. The standard InChI is InChI=1S/C28H24ClN3O3S/c1-21(22-12-14-24(15-13-22)23-8-4-2-5-9-23)30-31-28(33)20-32(26-18-16-25(29)17-19-26)36(34,35)27-10-6-3-7-11-27/h2-19H,20H2,1H3,(H,31,33). The number of amides is 1. The van der Waals surface area contributed by atoms with E-state index in [1.165, 1.54) is 12.1 Å². The molecule has 0 radical (unpaired) electrons. The van der Waals surface area contributed by atoms with E-state index in [0.717, 1.165) is 21.0 Å². The molecule has 6 nitrogen and oxygen atoms in total. The summed E-state index contributed by atoms with van der Waals surface area (Å²) in [5.41, 5.74) is 6.39. The molecule has 0 saturated carbocycles. The Morgan fingerprint density at radius 3 is 1.97 bits per heavy atom. The van der Waals surface area contributed by atoms with Crippen LogP contribution >= 0.6 is 11.6 Å². The molecule has 0 bridgehead atoms. The van der Waals surface area contributed by atoms with Gasteiger partial charge in [-0.3, -0.25) is 9.10 Å². The third kappa shape index (κ3) is 6.00. The number of halogens is 1. The summed E-state index contributed by atoms with van der Waals surface area (Å²) in [7, 11) is -4.00. The number of anilines is 1. The van der Waals surface area contributed by atoms with Crippen LogP contribution in [0.3, 0.4) is 0 Å².